The van der Waals surface area contributed by atoms with Gasteiger partial charge in [0.15, 0.2) is 0 Å². The summed E-state index contributed by atoms with van der Waals surface area (Å²) in [4.78, 5) is 25.5. The third kappa shape index (κ3) is 5.08. The average molecular weight is 601 g/mol. The first kappa shape index (κ1) is 29.0. The van der Waals surface area contributed by atoms with Gasteiger partial charge in [-0.15, -0.1) is 0 Å². The van der Waals surface area contributed by atoms with Crippen LogP contribution in [0, 0.1) is 5.92 Å². The lowest BCUT2D eigenvalue weighted by atomic mass is 9.65. The van der Waals surface area contributed by atoms with Crippen LogP contribution in [0.2, 0.25) is 0 Å². The minimum absolute atomic E-state index is 0.00815. The second kappa shape index (κ2) is 12.3. The number of benzene rings is 5. The molecule has 7 rings (SSSR count). The lowest BCUT2D eigenvalue weighted by Crippen LogP contribution is -2.23. The SMILES string of the molecule is COC(=O)c1ccccc1C1=CC2=C(c3ccccc3)c3ccc(-c4ccccc4C(=O)OC)cc3C(c3ccccc3)C2C=C1. The predicted octanol–water partition coefficient (Wildman–Crippen LogP) is 9.14. The summed E-state index contributed by atoms with van der Waals surface area (Å²) in [5.41, 5.74) is 11.6. The number of ether oxygens (including phenoxy) is 2. The summed E-state index contributed by atoms with van der Waals surface area (Å²) < 4.78 is 10.3. The van der Waals surface area contributed by atoms with Crippen molar-refractivity contribution in [1.82, 2.24) is 0 Å². The van der Waals surface area contributed by atoms with Gasteiger partial charge in [-0.1, -0.05) is 121 Å². The molecule has 2 aliphatic carbocycles. The molecule has 5 aromatic rings. The minimum Gasteiger partial charge on any atom is -0.465 e. The highest BCUT2D eigenvalue weighted by atomic mass is 16.5. The molecule has 2 atom stereocenters. The summed E-state index contributed by atoms with van der Waals surface area (Å²) in [7, 11) is 2.83. The molecule has 2 aliphatic rings. The Morgan fingerprint density at radius 3 is 1.85 bits per heavy atom. The van der Waals surface area contributed by atoms with Crippen LogP contribution >= 0.6 is 0 Å². The lowest BCUT2D eigenvalue weighted by molar-refractivity contribution is 0.0592. The number of rotatable bonds is 6. The quantitative estimate of drug-likeness (QED) is 0.182. The largest absolute Gasteiger partial charge is 0.465 e. The first-order chi connectivity index (χ1) is 22.6. The maximum Gasteiger partial charge on any atom is 0.338 e. The normalized spacial score (nSPS) is 16.6. The molecule has 0 radical (unpaired) electrons. The van der Waals surface area contributed by atoms with Crippen molar-refractivity contribution in [1.29, 1.82) is 0 Å². The Hall–Kier alpha value is -5.74. The van der Waals surface area contributed by atoms with Crippen molar-refractivity contribution in [2.75, 3.05) is 14.2 Å². The molecule has 0 aliphatic heterocycles. The molecule has 0 amide bonds. The van der Waals surface area contributed by atoms with E-state index in [1.165, 1.54) is 30.9 Å². The monoisotopic (exact) mass is 600 g/mol. The Balaban J connectivity index is 1.51. The van der Waals surface area contributed by atoms with Gasteiger partial charge in [-0.25, -0.2) is 9.59 Å². The molecule has 0 saturated carbocycles. The summed E-state index contributed by atoms with van der Waals surface area (Å²) in [6, 6.07) is 42.8. The van der Waals surface area contributed by atoms with E-state index in [9.17, 15) is 9.59 Å². The number of hydrogen-bond donors (Lipinski definition) is 0. The number of fused-ring (bicyclic) bond motifs is 2. The summed E-state index contributed by atoms with van der Waals surface area (Å²) in [5.74, 6) is -0.695. The Labute approximate surface area is 269 Å². The van der Waals surface area contributed by atoms with E-state index in [2.05, 4.69) is 85.0 Å². The van der Waals surface area contributed by atoms with Crippen LogP contribution in [0.3, 0.4) is 0 Å². The molecule has 0 fully saturated rings. The molecule has 0 N–H and O–H groups in total. The lowest BCUT2D eigenvalue weighted by Gasteiger charge is -2.38. The zero-order valence-electron chi connectivity index (χ0n) is 25.6. The van der Waals surface area contributed by atoms with Crippen LogP contribution in [0.5, 0.6) is 0 Å². The summed E-state index contributed by atoms with van der Waals surface area (Å²) in [5, 5.41) is 0. The van der Waals surface area contributed by atoms with Crippen molar-refractivity contribution in [3.05, 3.63) is 190 Å². The molecule has 224 valence electrons. The molecule has 0 bridgehead atoms. The van der Waals surface area contributed by atoms with E-state index in [4.69, 9.17) is 9.47 Å². The fourth-order valence-electron chi connectivity index (χ4n) is 6.90. The van der Waals surface area contributed by atoms with Gasteiger partial charge in [-0.3, -0.25) is 0 Å². The Morgan fingerprint density at radius 2 is 1.17 bits per heavy atom. The van der Waals surface area contributed by atoms with Crippen LogP contribution in [0.1, 0.15) is 54.5 Å². The molecule has 46 heavy (non-hydrogen) atoms. The van der Waals surface area contributed by atoms with Crippen LogP contribution in [0.15, 0.2) is 151 Å². The van der Waals surface area contributed by atoms with E-state index >= 15 is 0 Å². The van der Waals surface area contributed by atoms with Crippen molar-refractivity contribution in [2.45, 2.75) is 5.92 Å². The topological polar surface area (TPSA) is 52.6 Å². The number of esters is 2. The average Bonchev–Trinajstić information content (AvgIpc) is 3.13. The van der Waals surface area contributed by atoms with E-state index < -0.39 is 0 Å². The van der Waals surface area contributed by atoms with Gasteiger partial charge in [0.25, 0.3) is 0 Å². The van der Waals surface area contributed by atoms with Crippen LogP contribution in [-0.4, -0.2) is 26.2 Å². The van der Waals surface area contributed by atoms with Crippen molar-refractivity contribution in [3.63, 3.8) is 0 Å². The highest BCUT2D eigenvalue weighted by Gasteiger charge is 2.37. The van der Waals surface area contributed by atoms with Crippen LogP contribution < -0.4 is 0 Å². The molecule has 5 aromatic carbocycles. The van der Waals surface area contributed by atoms with E-state index in [0.717, 1.165) is 39.0 Å². The first-order valence-electron chi connectivity index (χ1n) is 15.3. The maximum absolute atomic E-state index is 12.8. The van der Waals surface area contributed by atoms with Crippen LogP contribution in [0.25, 0.3) is 22.3 Å². The third-order valence-electron chi connectivity index (χ3n) is 8.96. The zero-order chi connectivity index (χ0) is 31.6. The molecule has 0 heterocycles. The van der Waals surface area contributed by atoms with Crippen LogP contribution in [-0.2, 0) is 9.47 Å². The van der Waals surface area contributed by atoms with Gasteiger partial charge in [0, 0.05) is 11.8 Å². The van der Waals surface area contributed by atoms with Crippen molar-refractivity contribution >= 4 is 23.1 Å². The Bertz CT molecular complexity index is 2050. The van der Waals surface area contributed by atoms with Gasteiger partial charge in [0.2, 0.25) is 0 Å². The van der Waals surface area contributed by atoms with Gasteiger partial charge in [-0.2, -0.15) is 0 Å². The van der Waals surface area contributed by atoms with E-state index in [0.29, 0.717) is 11.1 Å². The number of allylic oxidation sites excluding steroid dienone is 5. The summed E-state index contributed by atoms with van der Waals surface area (Å²) in [6.45, 7) is 0. The highest BCUT2D eigenvalue weighted by Crippen LogP contribution is 2.52. The first-order valence-corrected chi connectivity index (χ1v) is 15.3. The molecular weight excluding hydrogens is 568 g/mol. The van der Waals surface area contributed by atoms with Crippen molar-refractivity contribution < 1.29 is 19.1 Å². The molecule has 2 unspecified atom stereocenters. The smallest absolute Gasteiger partial charge is 0.338 e. The van der Waals surface area contributed by atoms with Gasteiger partial charge < -0.3 is 9.47 Å². The fourth-order valence-corrected chi connectivity index (χ4v) is 6.90. The molecule has 4 heteroatoms. The summed E-state index contributed by atoms with van der Waals surface area (Å²) >= 11 is 0. The highest BCUT2D eigenvalue weighted by molar-refractivity contribution is 6.00. The van der Waals surface area contributed by atoms with Gasteiger partial charge >= 0.3 is 11.9 Å². The van der Waals surface area contributed by atoms with Gasteiger partial charge in [-0.05, 0) is 79.9 Å². The number of carbonyl (C=O) groups is 2. The summed E-state index contributed by atoms with van der Waals surface area (Å²) in [6.07, 6.45) is 6.65. The molecule has 0 saturated heterocycles. The van der Waals surface area contributed by atoms with Crippen molar-refractivity contribution in [2.24, 2.45) is 5.92 Å². The van der Waals surface area contributed by atoms with E-state index in [1.807, 2.05) is 60.7 Å². The second-order valence-corrected chi connectivity index (χ2v) is 11.4. The van der Waals surface area contributed by atoms with E-state index in [-0.39, 0.29) is 23.8 Å². The predicted molar refractivity (Wildman–Crippen MR) is 182 cm³/mol. The minimum atomic E-state index is -0.361. The Morgan fingerprint density at radius 1 is 0.587 bits per heavy atom. The zero-order valence-corrected chi connectivity index (χ0v) is 25.6. The van der Waals surface area contributed by atoms with E-state index in [1.54, 1.807) is 0 Å². The fraction of sp³-hybridized carbons (Fsp3) is 0.0952. The third-order valence-corrected chi connectivity index (χ3v) is 8.96. The molecule has 4 nitrogen and oxygen atoms in total. The number of hydrogen-bond acceptors (Lipinski definition) is 4. The van der Waals surface area contributed by atoms with Gasteiger partial charge in [0.1, 0.15) is 0 Å². The van der Waals surface area contributed by atoms with Gasteiger partial charge in [0.05, 0.1) is 25.3 Å². The maximum atomic E-state index is 12.8. The molecule has 0 spiro atoms. The van der Waals surface area contributed by atoms with Crippen molar-refractivity contribution in [3.8, 4) is 11.1 Å². The Kier molecular flexibility index (Phi) is 7.78. The molecular formula is C42H32O4. The second-order valence-electron chi connectivity index (χ2n) is 11.4. The van der Waals surface area contributed by atoms with Crippen LogP contribution in [0.4, 0.5) is 0 Å². The standard InChI is InChI=1S/C42H32O4/c1-45-41(43)35-19-11-9-17-31(35)29-21-23-33-37(25-29)39(27-13-5-3-6-14-27)34-24-22-30(32-18-10-12-20-36(32)42(44)46-2)26-38(34)40(33)28-15-7-4-8-16-28/h3-26,33,40H,1-2H3. The number of carbonyl (C=O) groups excluding carboxylic acids is 2. The molecule has 0 aromatic heterocycles. The number of methoxy groups -OCH3 is 2.